The van der Waals surface area contributed by atoms with Crippen molar-refractivity contribution in [1.29, 1.82) is 0 Å². The third kappa shape index (κ3) is 13.3. The van der Waals surface area contributed by atoms with Crippen LogP contribution in [-0.2, 0) is 21.2 Å². The van der Waals surface area contributed by atoms with E-state index in [9.17, 15) is 13.2 Å². The Labute approximate surface area is 304 Å². The summed E-state index contributed by atoms with van der Waals surface area (Å²) in [6.07, 6.45) is 11.1. The van der Waals surface area contributed by atoms with Crippen molar-refractivity contribution in [3.63, 3.8) is 0 Å². The lowest BCUT2D eigenvalue weighted by Gasteiger charge is -2.20. The number of sulfone groups is 1. The van der Waals surface area contributed by atoms with Gasteiger partial charge in [-0.25, -0.2) is 8.42 Å². The monoisotopic (exact) mass is 714 g/mol. The van der Waals surface area contributed by atoms with Gasteiger partial charge in [0.2, 0.25) is 9.84 Å². The Kier molecular flexibility index (Phi) is 16.2. The van der Waals surface area contributed by atoms with Crippen LogP contribution in [0, 0.1) is 0 Å². The summed E-state index contributed by atoms with van der Waals surface area (Å²) in [5.74, 6) is 1.47. The maximum absolute atomic E-state index is 13.4. The Balaban J connectivity index is 1.35. The number of ether oxygens (including phenoxy) is 3. The number of hydrogen-bond acceptors (Lipinski definition) is 7. The molecule has 4 aromatic carbocycles. The first kappa shape index (κ1) is 39.3. The van der Waals surface area contributed by atoms with Gasteiger partial charge in [0.15, 0.2) is 6.10 Å². The second-order valence-corrected chi connectivity index (χ2v) is 14.9. The lowest BCUT2D eigenvalue weighted by Crippen LogP contribution is -2.41. The van der Waals surface area contributed by atoms with Crippen molar-refractivity contribution in [3.05, 3.63) is 109 Å². The number of rotatable bonds is 23. The molecule has 0 fully saturated rings. The number of nitrogens with one attached hydrogen (secondary N) is 2. The standard InChI is InChI=1S/C42H54N2O6S/c1-4-6-7-8-9-10-11-15-19-41(42(45)44-43-35-20-22-37(23-21-35)49-33(3)16-5-2)50-38-26-30-40(31-27-38)51(46,47)39-28-24-36(25-29-39)48-32-34-17-13-12-14-18-34/h12-14,17-18,20-31,33,41,43H,4-11,15-16,19,32H2,1-3H3,(H,44,45). The third-order valence-corrected chi connectivity index (χ3v) is 10.4. The van der Waals surface area contributed by atoms with Gasteiger partial charge in [-0.05, 0) is 105 Å². The zero-order valence-corrected chi connectivity index (χ0v) is 31.1. The second-order valence-electron chi connectivity index (χ2n) is 12.9. The van der Waals surface area contributed by atoms with Crippen LogP contribution in [-0.4, -0.2) is 26.5 Å². The normalized spacial score (nSPS) is 12.5. The van der Waals surface area contributed by atoms with Crippen LogP contribution in [0.2, 0.25) is 0 Å². The van der Waals surface area contributed by atoms with E-state index in [1.54, 1.807) is 36.4 Å². The van der Waals surface area contributed by atoms with Crippen LogP contribution in [0.3, 0.4) is 0 Å². The molecular formula is C42H54N2O6S. The summed E-state index contributed by atoms with van der Waals surface area (Å²) in [6, 6.07) is 29.9. The van der Waals surface area contributed by atoms with Crippen LogP contribution >= 0.6 is 0 Å². The van der Waals surface area contributed by atoms with Gasteiger partial charge in [0, 0.05) is 0 Å². The molecule has 0 saturated carbocycles. The highest BCUT2D eigenvalue weighted by atomic mass is 32.2. The smallest absolute Gasteiger partial charge is 0.279 e. The summed E-state index contributed by atoms with van der Waals surface area (Å²) < 4.78 is 44.8. The SMILES string of the molecule is CCCCCCCCCCC(Oc1ccc(S(=O)(=O)c2ccc(OCc3ccccc3)cc2)cc1)C(=O)NNc1ccc(OC(C)CCC)cc1. The molecule has 0 saturated heterocycles. The second kappa shape index (κ2) is 21.0. The van der Waals surface area contributed by atoms with E-state index in [-0.39, 0.29) is 21.8 Å². The third-order valence-electron chi connectivity index (χ3n) is 8.62. The van der Waals surface area contributed by atoms with Crippen LogP contribution in [0.1, 0.15) is 97.0 Å². The van der Waals surface area contributed by atoms with Crippen molar-refractivity contribution in [3.8, 4) is 17.2 Å². The van der Waals surface area contributed by atoms with Gasteiger partial charge >= 0.3 is 0 Å². The Bertz CT molecular complexity index is 1680. The van der Waals surface area contributed by atoms with Crippen LogP contribution < -0.4 is 25.1 Å². The predicted molar refractivity (Wildman–Crippen MR) is 204 cm³/mol. The van der Waals surface area contributed by atoms with E-state index in [4.69, 9.17) is 14.2 Å². The quantitative estimate of drug-likeness (QED) is 0.0582. The topological polar surface area (TPSA) is 103 Å². The number of unbranched alkanes of at least 4 members (excludes halogenated alkanes) is 7. The molecule has 1 amide bonds. The summed E-state index contributed by atoms with van der Waals surface area (Å²) in [5.41, 5.74) is 7.53. The molecule has 0 aliphatic heterocycles. The van der Waals surface area contributed by atoms with Gasteiger partial charge < -0.3 is 14.2 Å². The van der Waals surface area contributed by atoms with Gasteiger partial charge in [0.25, 0.3) is 5.91 Å². The van der Waals surface area contributed by atoms with E-state index in [1.807, 2.05) is 54.6 Å². The van der Waals surface area contributed by atoms with E-state index in [2.05, 4.69) is 31.6 Å². The summed E-state index contributed by atoms with van der Waals surface area (Å²) in [6.45, 7) is 6.79. The fourth-order valence-corrected chi connectivity index (χ4v) is 6.95. The predicted octanol–water partition coefficient (Wildman–Crippen LogP) is 10.1. The number of anilines is 1. The summed E-state index contributed by atoms with van der Waals surface area (Å²) in [4.78, 5) is 13.7. The van der Waals surface area contributed by atoms with Crippen molar-refractivity contribution in [1.82, 2.24) is 5.43 Å². The molecule has 0 spiro atoms. The number of carbonyl (C=O) groups excluding carboxylic acids is 1. The van der Waals surface area contributed by atoms with Crippen LogP contribution in [0.25, 0.3) is 0 Å². The molecule has 0 aliphatic rings. The molecule has 0 heterocycles. The summed E-state index contributed by atoms with van der Waals surface area (Å²) in [7, 11) is -3.78. The average Bonchev–Trinajstić information content (AvgIpc) is 3.15. The highest BCUT2D eigenvalue weighted by Crippen LogP contribution is 2.26. The molecule has 0 bridgehead atoms. The van der Waals surface area contributed by atoms with Crippen molar-refractivity contribution < 1.29 is 27.4 Å². The molecular weight excluding hydrogens is 661 g/mol. The van der Waals surface area contributed by atoms with E-state index in [0.717, 1.165) is 49.1 Å². The van der Waals surface area contributed by atoms with Crippen molar-refractivity contribution in [2.45, 2.75) is 120 Å². The minimum atomic E-state index is -3.78. The van der Waals surface area contributed by atoms with Crippen LogP contribution in [0.15, 0.2) is 113 Å². The Morgan fingerprint density at radius 2 is 1.18 bits per heavy atom. The highest BCUT2D eigenvalue weighted by molar-refractivity contribution is 7.91. The lowest BCUT2D eigenvalue weighted by atomic mass is 10.1. The number of carbonyl (C=O) groups is 1. The summed E-state index contributed by atoms with van der Waals surface area (Å²) >= 11 is 0. The molecule has 2 N–H and O–H groups in total. The molecule has 0 radical (unpaired) electrons. The maximum Gasteiger partial charge on any atom is 0.279 e. The van der Waals surface area contributed by atoms with Gasteiger partial charge in [-0.1, -0.05) is 95.5 Å². The van der Waals surface area contributed by atoms with E-state index in [0.29, 0.717) is 24.5 Å². The molecule has 2 atom stereocenters. The molecule has 51 heavy (non-hydrogen) atoms. The van der Waals surface area contributed by atoms with Gasteiger partial charge in [0.1, 0.15) is 23.9 Å². The molecule has 2 unspecified atom stereocenters. The number of hydrazine groups is 1. The lowest BCUT2D eigenvalue weighted by molar-refractivity contribution is -0.127. The Hall–Kier alpha value is -4.50. The fraction of sp³-hybridized carbons (Fsp3) is 0.405. The van der Waals surface area contributed by atoms with Crippen LogP contribution in [0.4, 0.5) is 5.69 Å². The molecule has 8 nitrogen and oxygen atoms in total. The number of amides is 1. The van der Waals surface area contributed by atoms with Gasteiger partial charge in [-0.3, -0.25) is 15.6 Å². The van der Waals surface area contributed by atoms with E-state index >= 15 is 0 Å². The van der Waals surface area contributed by atoms with Gasteiger partial charge in [-0.15, -0.1) is 0 Å². The van der Waals surface area contributed by atoms with Gasteiger partial charge in [-0.2, -0.15) is 0 Å². The number of benzene rings is 4. The molecule has 0 aromatic heterocycles. The minimum absolute atomic E-state index is 0.133. The highest BCUT2D eigenvalue weighted by Gasteiger charge is 2.22. The molecule has 0 aliphatic carbocycles. The van der Waals surface area contributed by atoms with Crippen LogP contribution in [0.5, 0.6) is 17.2 Å². The Morgan fingerprint density at radius 3 is 1.78 bits per heavy atom. The van der Waals surface area contributed by atoms with Crippen molar-refractivity contribution in [2.75, 3.05) is 5.43 Å². The van der Waals surface area contributed by atoms with Crippen molar-refractivity contribution in [2.24, 2.45) is 0 Å². The number of hydrogen-bond donors (Lipinski definition) is 2. The fourth-order valence-electron chi connectivity index (χ4n) is 5.69. The molecule has 4 rings (SSSR count). The van der Waals surface area contributed by atoms with E-state index < -0.39 is 15.9 Å². The first-order chi connectivity index (χ1) is 24.8. The average molecular weight is 715 g/mol. The van der Waals surface area contributed by atoms with Gasteiger partial charge in [0.05, 0.1) is 21.6 Å². The maximum atomic E-state index is 13.4. The molecule has 274 valence electrons. The largest absolute Gasteiger partial charge is 0.491 e. The molecule has 9 heteroatoms. The zero-order chi connectivity index (χ0) is 36.3. The zero-order valence-electron chi connectivity index (χ0n) is 30.3. The first-order valence-corrected chi connectivity index (χ1v) is 19.9. The Morgan fingerprint density at radius 1 is 0.627 bits per heavy atom. The van der Waals surface area contributed by atoms with E-state index in [1.165, 1.54) is 44.2 Å². The first-order valence-electron chi connectivity index (χ1n) is 18.4. The van der Waals surface area contributed by atoms with Crippen molar-refractivity contribution >= 4 is 21.4 Å². The molecule has 4 aromatic rings. The summed E-state index contributed by atoms with van der Waals surface area (Å²) in [5, 5.41) is 0. The minimum Gasteiger partial charge on any atom is -0.491 e.